The zero-order chi connectivity index (χ0) is 14.5. The number of Topliss-reactive ketones (excluding diaryl/α,β-unsaturated/α-hetero) is 1. The number of hydrogen-bond donors (Lipinski definition) is 1. The van der Waals surface area contributed by atoms with Gasteiger partial charge in [-0.2, -0.15) is 0 Å². The molecule has 0 radical (unpaired) electrons. The van der Waals surface area contributed by atoms with Crippen LogP contribution in [0.4, 0.5) is 5.69 Å². The summed E-state index contributed by atoms with van der Waals surface area (Å²) in [5, 5.41) is 3.29. The number of hydrogen-bond acceptors (Lipinski definition) is 3. The lowest BCUT2D eigenvalue weighted by Gasteiger charge is -2.04. The molecule has 1 N–H and O–H groups in total. The van der Waals surface area contributed by atoms with E-state index in [1.165, 1.54) is 11.3 Å². The summed E-state index contributed by atoms with van der Waals surface area (Å²) in [7, 11) is 0. The van der Waals surface area contributed by atoms with Gasteiger partial charge in [-0.25, -0.2) is 0 Å². The number of benzene rings is 1. The number of halogens is 1. The standard InChI is InChI=1S/C15H14ClNO2S/c1-10-5-7-14(20-10)13(18)6-8-15(19)17-12-4-2-3-11(16)9-12/h2-5,7,9H,6,8H2,1H3,(H,17,19). The molecule has 0 aliphatic rings. The van der Waals surface area contributed by atoms with Crippen LogP contribution in [0.25, 0.3) is 0 Å². The molecule has 0 bridgehead atoms. The number of aryl methyl sites for hydroxylation is 1. The molecule has 1 heterocycles. The maximum absolute atomic E-state index is 11.9. The van der Waals surface area contributed by atoms with Crippen molar-refractivity contribution in [3.8, 4) is 0 Å². The first-order valence-electron chi connectivity index (χ1n) is 6.19. The highest BCUT2D eigenvalue weighted by Crippen LogP contribution is 2.18. The van der Waals surface area contributed by atoms with Crippen molar-refractivity contribution in [3.63, 3.8) is 0 Å². The van der Waals surface area contributed by atoms with Gasteiger partial charge in [0.05, 0.1) is 4.88 Å². The Kier molecular flexibility index (Phi) is 4.93. The molecule has 5 heteroatoms. The van der Waals surface area contributed by atoms with Gasteiger partial charge in [0.25, 0.3) is 0 Å². The average Bonchev–Trinajstić information content (AvgIpc) is 2.83. The fourth-order valence-electron chi connectivity index (χ4n) is 1.72. The van der Waals surface area contributed by atoms with Crippen molar-refractivity contribution in [1.82, 2.24) is 0 Å². The zero-order valence-corrected chi connectivity index (χ0v) is 12.6. The van der Waals surface area contributed by atoms with Crippen LogP contribution in [0, 0.1) is 6.92 Å². The van der Waals surface area contributed by atoms with E-state index in [0.717, 1.165) is 4.88 Å². The van der Waals surface area contributed by atoms with Crippen LogP contribution in [0.1, 0.15) is 27.4 Å². The summed E-state index contributed by atoms with van der Waals surface area (Å²) in [6, 6.07) is 10.6. The fraction of sp³-hybridized carbons (Fsp3) is 0.200. The van der Waals surface area contributed by atoms with Gasteiger partial charge >= 0.3 is 0 Å². The smallest absolute Gasteiger partial charge is 0.224 e. The monoisotopic (exact) mass is 307 g/mol. The van der Waals surface area contributed by atoms with Gasteiger partial charge in [-0.3, -0.25) is 9.59 Å². The summed E-state index contributed by atoms with van der Waals surface area (Å²) in [6.07, 6.45) is 0.384. The molecule has 1 aromatic carbocycles. The topological polar surface area (TPSA) is 46.2 Å². The first-order valence-corrected chi connectivity index (χ1v) is 7.39. The second-order valence-electron chi connectivity index (χ2n) is 4.39. The lowest BCUT2D eigenvalue weighted by atomic mass is 10.2. The second-order valence-corrected chi connectivity index (χ2v) is 6.12. The lowest BCUT2D eigenvalue weighted by molar-refractivity contribution is -0.116. The summed E-state index contributed by atoms with van der Waals surface area (Å²) in [5.74, 6) is -0.182. The first-order chi connectivity index (χ1) is 9.54. The van der Waals surface area contributed by atoms with Crippen LogP contribution in [0.3, 0.4) is 0 Å². The number of thiophene rings is 1. The van der Waals surface area contributed by atoms with Gasteiger partial charge in [0.2, 0.25) is 5.91 Å². The molecule has 1 amide bonds. The van der Waals surface area contributed by atoms with Crippen molar-refractivity contribution in [2.75, 3.05) is 5.32 Å². The fourth-order valence-corrected chi connectivity index (χ4v) is 2.75. The molecule has 0 aliphatic carbocycles. The number of anilines is 1. The summed E-state index contributed by atoms with van der Waals surface area (Å²) >= 11 is 7.29. The number of rotatable bonds is 5. The van der Waals surface area contributed by atoms with E-state index in [9.17, 15) is 9.59 Å². The van der Waals surface area contributed by atoms with E-state index in [2.05, 4.69) is 5.32 Å². The maximum atomic E-state index is 11.9. The molecule has 1 aromatic heterocycles. The first kappa shape index (κ1) is 14.8. The number of nitrogens with one attached hydrogen (secondary N) is 1. The number of amides is 1. The predicted octanol–water partition coefficient (Wildman–Crippen LogP) is 4.31. The summed E-state index contributed by atoms with van der Waals surface area (Å²) in [4.78, 5) is 25.4. The molecule has 2 aromatic rings. The van der Waals surface area contributed by atoms with E-state index in [-0.39, 0.29) is 24.5 Å². The van der Waals surface area contributed by atoms with E-state index in [4.69, 9.17) is 11.6 Å². The minimum absolute atomic E-state index is 0.00402. The van der Waals surface area contributed by atoms with Crippen LogP contribution in [0.2, 0.25) is 5.02 Å². The third-order valence-corrected chi connectivity index (χ3v) is 3.98. The average molecular weight is 308 g/mol. The molecule has 0 saturated heterocycles. The molecule has 0 saturated carbocycles. The zero-order valence-electron chi connectivity index (χ0n) is 11.0. The molecule has 104 valence electrons. The Balaban J connectivity index is 1.85. The minimum atomic E-state index is -0.186. The van der Waals surface area contributed by atoms with E-state index >= 15 is 0 Å². The molecule has 2 rings (SSSR count). The van der Waals surface area contributed by atoms with E-state index in [0.29, 0.717) is 15.6 Å². The SMILES string of the molecule is Cc1ccc(C(=O)CCC(=O)Nc2cccc(Cl)c2)s1. The van der Waals surface area contributed by atoms with Gasteiger partial charge in [-0.05, 0) is 37.3 Å². The summed E-state index contributed by atoms with van der Waals surface area (Å²) in [6.45, 7) is 1.95. The molecular formula is C15H14ClNO2S. The Bertz CT molecular complexity index is 636. The molecule has 20 heavy (non-hydrogen) atoms. The summed E-state index contributed by atoms with van der Waals surface area (Å²) in [5.41, 5.74) is 0.641. The Morgan fingerprint density at radius 3 is 2.65 bits per heavy atom. The Hall–Kier alpha value is -1.65. The largest absolute Gasteiger partial charge is 0.326 e. The van der Waals surface area contributed by atoms with Crippen molar-refractivity contribution in [2.45, 2.75) is 19.8 Å². The highest BCUT2D eigenvalue weighted by molar-refractivity contribution is 7.14. The van der Waals surface area contributed by atoms with Gasteiger partial charge in [-0.15, -0.1) is 11.3 Å². The van der Waals surface area contributed by atoms with Crippen LogP contribution in [0.15, 0.2) is 36.4 Å². The minimum Gasteiger partial charge on any atom is -0.326 e. The Labute approximate surface area is 126 Å². The molecule has 0 spiro atoms. The second kappa shape index (κ2) is 6.68. The predicted molar refractivity (Wildman–Crippen MR) is 82.7 cm³/mol. The lowest BCUT2D eigenvalue weighted by Crippen LogP contribution is -2.13. The quantitative estimate of drug-likeness (QED) is 0.837. The van der Waals surface area contributed by atoms with Gasteiger partial charge in [0.1, 0.15) is 0 Å². The van der Waals surface area contributed by atoms with Crippen molar-refractivity contribution in [3.05, 3.63) is 51.2 Å². The molecule has 0 aliphatic heterocycles. The van der Waals surface area contributed by atoms with Gasteiger partial charge in [0, 0.05) is 28.4 Å². The molecule has 0 unspecified atom stereocenters. The Morgan fingerprint density at radius 2 is 2.00 bits per heavy atom. The third kappa shape index (κ3) is 4.18. The van der Waals surface area contributed by atoms with Gasteiger partial charge in [-0.1, -0.05) is 17.7 Å². The van der Waals surface area contributed by atoms with Crippen LogP contribution in [-0.4, -0.2) is 11.7 Å². The molecule has 0 fully saturated rings. The maximum Gasteiger partial charge on any atom is 0.224 e. The van der Waals surface area contributed by atoms with Crippen molar-refractivity contribution >= 4 is 40.3 Å². The van der Waals surface area contributed by atoms with Crippen molar-refractivity contribution < 1.29 is 9.59 Å². The van der Waals surface area contributed by atoms with Gasteiger partial charge in [0.15, 0.2) is 5.78 Å². The third-order valence-electron chi connectivity index (χ3n) is 2.70. The number of carbonyl (C=O) groups excluding carboxylic acids is 2. The normalized spacial score (nSPS) is 10.3. The van der Waals surface area contributed by atoms with Crippen molar-refractivity contribution in [1.29, 1.82) is 0 Å². The highest BCUT2D eigenvalue weighted by atomic mass is 35.5. The van der Waals surface area contributed by atoms with Gasteiger partial charge < -0.3 is 5.32 Å². The molecule has 0 atom stereocenters. The summed E-state index contributed by atoms with van der Waals surface area (Å²) < 4.78 is 0. The molecule has 3 nitrogen and oxygen atoms in total. The van der Waals surface area contributed by atoms with E-state index in [1.807, 2.05) is 13.0 Å². The van der Waals surface area contributed by atoms with Crippen LogP contribution >= 0.6 is 22.9 Å². The van der Waals surface area contributed by atoms with Crippen LogP contribution in [-0.2, 0) is 4.79 Å². The van der Waals surface area contributed by atoms with Crippen LogP contribution < -0.4 is 5.32 Å². The van der Waals surface area contributed by atoms with E-state index in [1.54, 1.807) is 30.3 Å². The van der Waals surface area contributed by atoms with Crippen LogP contribution in [0.5, 0.6) is 0 Å². The molecular weight excluding hydrogens is 294 g/mol. The Morgan fingerprint density at radius 1 is 1.20 bits per heavy atom. The number of carbonyl (C=O) groups is 2. The van der Waals surface area contributed by atoms with E-state index < -0.39 is 0 Å². The number of ketones is 1. The highest BCUT2D eigenvalue weighted by Gasteiger charge is 2.11. The van der Waals surface area contributed by atoms with Crippen molar-refractivity contribution in [2.24, 2.45) is 0 Å².